The van der Waals surface area contributed by atoms with Gasteiger partial charge in [-0.15, -0.1) is 0 Å². The number of halogens is 1. The van der Waals surface area contributed by atoms with Crippen LogP contribution in [0.1, 0.15) is 35.7 Å². The quantitative estimate of drug-likeness (QED) is 0.543. The first kappa shape index (κ1) is 19.7. The molecule has 1 aromatic carbocycles. The normalized spacial score (nSPS) is 15.8. The SMILES string of the molecule is Cc1nc2c(O)cccn2c(=O)c1CCN1CCC(c2noc3cc(F)ccc23)CC1. The highest BCUT2D eigenvalue weighted by molar-refractivity contribution is 5.79. The number of piperidine rings is 1. The summed E-state index contributed by atoms with van der Waals surface area (Å²) >= 11 is 0. The molecule has 0 bridgehead atoms. The van der Waals surface area contributed by atoms with Gasteiger partial charge >= 0.3 is 0 Å². The number of hydrogen-bond donors (Lipinski definition) is 1. The van der Waals surface area contributed by atoms with Gasteiger partial charge in [-0.05, 0) is 63.5 Å². The molecule has 0 saturated carbocycles. The van der Waals surface area contributed by atoms with Gasteiger partial charge in [0, 0.05) is 41.4 Å². The molecule has 0 atom stereocenters. The van der Waals surface area contributed by atoms with Crippen LogP contribution in [0.15, 0.2) is 45.8 Å². The van der Waals surface area contributed by atoms with Crippen LogP contribution in [-0.2, 0) is 6.42 Å². The number of hydrogen-bond acceptors (Lipinski definition) is 6. The van der Waals surface area contributed by atoms with Crippen LogP contribution >= 0.6 is 0 Å². The van der Waals surface area contributed by atoms with Gasteiger partial charge in [0.2, 0.25) is 0 Å². The van der Waals surface area contributed by atoms with Crippen molar-refractivity contribution in [1.29, 1.82) is 0 Å². The van der Waals surface area contributed by atoms with Crippen LogP contribution < -0.4 is 5.56 Å². The maximum atomic E-state index is 13.4. The molecule has 0 radical (unpaired) electrons. The predicted molar refractivity (Wildman–Crippen MR) is 114 cm³/mol. The number of likely N-dealkylation sites (tertiary alicyclic amines) is 1. The molecule has 5 rings (SSSR count). The summed E-state index contributed by atoms with van der Waals surface area (Å²) in [6.45, 7) is 4.36. The van der Waals surface area contributed by atoms with E-state index in [-0.39, 0.29) is 28.7 Å². The smallest absolute Gasteiger partial charge is 0.261 e. The highest BCUT2D eigenvalue weighted by Gasteiger charge is 2.25. The summed E-state index contributed by atoms with van der Waals surface area (Å²) in [6.07, 6.45) is 4.10. The largest absolute Gasteiger partial charge is 0.504 e. The van der Waals surface area contributed by atoms with Gasteiger partial charge in [0.25, 0.3) is 5.56 Å². The van der Waals surface area contributed by atoms with E-state index in [0.29, 0.717) is 23.3 Å². The second-order valence-electron chi connectivity index (χ2n) is 8.14. The summed E-state index contributed by atoms with van der Waals surface area (Å²) in [5.41, 5.74) is 2.88. The Balaban J connectivity index is 1.27. The standard InChI is InChI=1S/C23H23FN4O3/c1-14-17(23(30)28-9-2-3-19(29)22(28)25-14)8-12-27-10-6-15(7-11-27)21-18-5-4-16(24)13-20(18)31-26-21/h2-5,9,13,15,29H,6-8,10-12H2,1H3. The van der Waals surface area contributed by atoms with Crippen molar-refractivity contribution in [1.82, 2.24) is 19.4 Å². The maximum Gasteiger partial charge on any atom is 0.261 e. The Morgan fingerprint density at radius 3 is 2.87 bits per heavy atom. The molecular formula is C23H23FN4O3. The average Bonchev–Trinajstić information content (AvgIpc) is 3.18. The average molecular weight is 422 g/mol. The molecular weight excluding hydrogens is 399 g/mol. The third-order valence-electron chi connectivity index (χ3n) is 6.25. The summed E-state index contributed by atoms with van der Waals surface area (Å²) in [7, 11) is 0. The van der Waals surface area contributed by atoms with Crippen LogP contribution in [0, 0.1) is 12.7 Å². The van der Waals surface area contributed by atoms with Gasteiger partial charge in [0.15, 0.2) is 17.0 Å². The lowest BCUT2D eigenvalue weighted by Crippen LogP contribution is -2.35. The fourth-order valence-electron chi connectivity index (χ4n) is 4.50. The molecule has 0 unspecified atom stereocenters. The van der Waals surface area contributed by atoms with E-state index in [1.165, 1.54) is 22.6 Å². The summed E-state index contributed by atoms with van der Waals surface area (Å²) in [5.74, 6) is -0.0466. The van der Waals surface area contributed by atoms with Crippen LogP contribution in [-0.4, -0.2) is 44.2 Å². The number of rotatable bonds is 4. The highest BCUT2D eigenvalue weighted by Crippen LogP contribution is 2.32. The van der Waals surface area contributed by atoms with Crippen LogP contribution in [0.25, 0.3) is 16.6 Å². The molecule has 1 N–H and O–H groups in total. The Hall–Kier alpha value is -3.26. The summed E-state index contributed by atoms with van der Waals surface area (Å²) in [6, 6.07) is 7.72. The Labute approximate surface area is 177 Å². The molecule has 1 fully saturated rings. The number of nitrogens with zero attached hydrogens (tertiary/aromatic N) is 4. The molecule has 1 aliphatic heterocycles. The molecule has 1 saturated heterocycles. The van der Waals surface area contributed by atoms with Crippen LogP contribution in [0.4, 0.5) is 4.39 Å². The van der Waals surface area contributed by atoms with Gasteiger partial charge in [-0.2, -0.15) is 0 Å². The predicted octanol–water partition coefficient (Wildman–Crippen LogP) is 3.41. The van der Waals surface area contributed by atoms with Crippen molar-refractivity contribution in [2.24, 2.45) is 0 Å². The molecule has 160 valence electrons. The van der Waals surface area contributed by atoms with E-state index in [1.54, 1.807) is 18.3 Å². The van der Waals surface area contributed by atoms with Crippen molar-refractivity contribution in [3.63, 3.8) is 0 Å². The Kier molecular flexibility index (Phi) is 4.94. The second-order valence-corrected chi connectivity index (χ2v) is 8.14. The van der Waals surface area contributed by atoms with Crippen molar-refractivity contribution in [3.8, 4) is 5.75 Å². The van der Waals surface area contributed by atoms with E-state index in [2.05, 4.69) is 15.0 Å². The van der Waals surface area contributed by atoms with Crippen LogP contribution in [0.3, 0.4) is 0 Å². The van der Waals surface area contributed by atoms with Crippen molar-refractivity contribution in [3.05, 3.63) is 69.7 Å². The van der Waals surface area contributed by atoms with Crippen molar-refractivity contribution in [2.45, 2.75) is 32.1 Å². The fourth-order valence-corrected chi connectivity index (χ4v) is 4.50. The zero-order valence-corrected chi connectivity index (χ0v) is 17.2. The molecule has 8 heteroatoms. The van der Waals surface area contributed by atoms with E-state index >= 15 is 0 Å². The van der Waals surface area contributed by atoms with E-state index in [4.69, 9.17) is 4.52 Å². The monoisotopic (exact) mass is 422 g/mol. The van der Waals surface area contributed by atoms with Crippen LogP contribution in [0.5, 0.6) is 5.75 Å². The summed E-state index contributed by atoms with van der Waals surface area (Å²) in [5, 5.41) is 15.1. The minimum atomic E-state index is -0.324. The van der Waals surface area contributed by atoms with E-state index in [1.807, 2.05) is 6.92 Å². The number of fused-ring (bicyclic) bond motifs is 2. The zero-order valence-electron chi connectivity index (χ0n) is 17.2. The molecule has 1 aliphatic rings. The number of aromatic nitrogens is 3. The van der Waals surface area contributed by atoms with Crippen molar-refractivity contribution >= 4 is 16.6 Å². The Morgan fingerprint density at radius 1 is 1.26 bits per heavy atom. The van der Waals surface area contributed by atoms with Gasteiger partial charge in [-0.25, -0.2) is 9.37 Å². The first-order chi connectivity index (χ1) is 15.0. The molecule has 7 nitrogen and oxygen atoms in total. The lowest BCUT2D eigenvalue weighted by Gasteiger charge is -2.31. The highest BCUT2D eigenvalue weighted by atomic mass is 19.1. The summed E-state index contributed by atoms with van der Waals surface area (Å²) < 4.78 is 20.1. The fraction of sp³-hybridized carbons (Fsp3) is 0.348. The van der Waals surface area contributed by atoms with Gasteiger partial charge < -0.3 is 14.5 Å². The molecule has 0 amide bonds. The van der Waals surface area contributed by atoms with E-state index < -0.39 is 0 Å². The van der Waals surface area contributed by atoms with Crippen molar-refractivity contribution in [2.75, 3.05) is 19.6 Å². The topological polar surface area (TPSA) is 83.9 Å². The van der Waals surface area contributed by atoms with Gasteiger partial charge in [0.05, 0.1) is 5.69 Å². The number of pyridine rings is 1. The minimum absolute atomic E-state index is 0.000518. The molecule has 31 heavy (non-hydrogen) atoms. The summed E-state index contributed by atoms with van der Waals surface area (Å²) in [4.78, 5) is 19.6. The minimum Gasteiger partial charge on any atom is -0.504 e. The van der Waals surface area contributed by atoms with Gasteiger partial charge in [-0.3, -0.25) is 9.20 Å². The number of benzene rings is 1. The third-order valence-corrected chi connectivity index (χ3v) is 6.25. The molecule has 0 aliphatic carbocycles. The van der Waals surface area contributed by atoms with Crippen molar-refractivity contribution < 1.29 is 14.0 Å². The Morgan fingerprint density at radius 2 is 2.06 bits per heavy atom. The number of aryl methyl sites for hydroxylation is 1. The Bertz CT molecular complexity index is 1320. The number of aromatic hydroxyl groups is 1. The molecule has 4 heterocycles. The van der Waals surface area contributed by atoms with Gasteiger partial charge in [-0.1, -0.05) is 5.16 Å². The molecule has 4 aromatic rings. The lowest BCUT2D eigenvalue weighted by atomic mass is 9.91. The zero-order chi connectivity index (χ0) is 21.5. The van der Waals surface area contributed by atoms with Crippen LogP contribution in [0.2, 0.25) is 0 Å². The lowest BCUT2D eigenvalue weighted by molar-refractivity contribution is 0.211. The second kappa shape index (κ2) is 7.77. The van der Waals surface area contributed by atoms with E-state index in [9.17, 15) is 14.3 Å². The molecule has 3 aromatic heterocycles. The first-order valence-electron chi connectivity index (χ1n) is 10.5. The van der Waals surface area contributed by atoms with E-state index in [0.717, 1.165) is 43.6 Å². The maximum absolute atomic E-state index is 13.4. The van der Waals surface area contributed by atoms with Gasteiger partial charge in [0.1, 0.15) is 5.82 Å². The third kappa shape index (κ3) is 3.57. The molecule has 0 spiro atoms. The first-order valence-corrected chi connectivity index (χ1v) is 10.5.